The number of rotatable bonds is 4. The first-order valence-corrected chi connectivity index (χ1v) is 6.09. The van der Waals surface area contributed by atoms with Crippen LogP contribution in [0.15, 0.2) is 67.0 Å². The summed E-state index contributed by atoms with van der Waals surface area (Å²) in [5, 5.41) is 0. The topological polar surface area (TPSA) is 13.6 Å². The minimum Gasteiger partial charge on any atom is -0.372 e. The molecule has 0 amide bonds. The quantitative estimate of drug-likeness (QED) is 0.675. The third-order valence-corrected chi connectivity index (χ3v) is 2.94. The molecule has 0 unspecified atom stereocenters. The van der Waals surface area contributed by atoms with Gasteiger partial charge in [-0.1, -0.05) is 36.4 Å². The van der Waals surface area contributed by atoms with Crippen molar-refractivity contribution in [2.24, 2.45) is 0 Å². The Morgan fingerprint density at radius 1 is 0.833 bits per heavy atom. The molecule has 2 heteroatoms. The van der Waals surface area contributed by atoms with E-state index in [2.05, 4.69) is 41.1 Å². The van der Waals surface area contributed by atoms with Gasteiger partial charge in [-0.2, -0.15) is 0 Å². The average molecular weight is 237 g/mol. The number of nitrogens with zero attached hydrogens (tertiary/aromatic N) is 1. The van der Waals surface area contributed by atoms with E-state index in [0.29, 0.717) is 13.2 Å². The maximum atomic E-state index is 5.72. The second kappa shape index (κ2) is 5.07. The van der Waals surface area contributed by atoms with Crippen LogP contribution >= 0.6 is 0 Å². The van der Waals surface area contributed by atoms with Crippen LogP contribution in [-0.4, -0.2) is 4.40 Å². The maximum Gasteiger partial charge on any atom is 0.0736 e. The summed E-state index contributed by atoms with van der Waals surface area (Å²) in [6.45, 7) is 1.31. The van der Waals surface area contributed by atoms with Crippen LogP contribution in [0.2, 0.25) is 0 Å². The number of hydrogen-bond donors (Lipinski definition) is 0. The second-order valence-corrected chi connectivity index (χ2v) is 4.36. The first-order chi connectivity index (χ1) is 8.92. The lowest BCUT2D eigenvalue weighted by Gasteiger charge is -2.02. The largest absolute Gasteiger partial charge is 0.372 e. The SMILES string of the molecule is c1ccc(COCc2cc3ccccn3c2)cc1. The van der Waals surface area contributed by atoms with E-state index in [1.807, 2.05) is 30.3 Å². The molecule has 0 aliphatic carbocycles. The molecule has 90 valence electrons. The van der Waals surface area contributed by atoms with Gasteiger partial charge >= 0.3 is 0 Å². The van der Waals surface area contributed by atoms with Crippen molar-refractivity contribution in [2.45, 2.75) is 13.2 Å². The monoisotopic (exact) mass is 237 g/mol. The number of fused-ring (bicyclic) bond motifs is 1. The first-order valence-electron chi connectivity index (χ1n) is 6.09. The van der Waals surface area contributed by atoms with Crippen molar-refractivity contribution < 1.29 is 4.74 Å². The van der Waals surface area contributed by atoms with Crippen LogP contribution in [0.1, 0.15) is 11.1 Å². The van der Waals surface area contributed by atoms with Gasteiger partial charge in [0.2, 0.25) is 0 Å². The fourth-order valence-corrected chi connectivity index (χ4v) is 2.05. The van der Waals surface area contributed by atoms with Crippen LogP contribution < -0.4 is 0 Å². The zero-order valence-electron chi connectivity index (χ0n) is 10.1. The van der Waals surface area contributed by atoms with E-state index in [9.17, 15) is 0 Å². The van der Waals surface area contributed by atoms with Gasteiger partial charge in [0, 0.05) is 17.9 Å². The lowest BCUT2D eigenvalue weighted by Crippen LogP contribution is -1.92. The van der Waals surface area contributed by atoms with Gasteiger partial charge in [0.1, 0.15) is 0 Å². The van der Waals surface area contributed by atoms with E-state index in [-0.39, 0.29) is 0 Å². The molecule has 0 bridgehead atoms. The third kappa shape index (κ3) is 2.44. The molecular weight excluding hydrogens is 222 g/mol. The lowest BCUT2D eigenvalue weighted by atomic mass is 10.2. The molecule has 2 nitrogen and oxygen atoms in total. The van der Waals surface area contributed by atoms with E-state index in [1.165, 1.54) is 16.6 Å². The summed E-state index contributed by atoms with van der Waals surface area (Å²) >= 11 is 0. The summed E-state index contributed by atoms with van der Waals surface area (Å²) in [6, 6.07) is 18.6. The van der Waals surface area contributed by atoms with E-state index in [4.69, 9.17) is 4.74 Å². The zero-order valence-corrected chi connectivity index (χ0v) is 10.1. The van der Waals surface area contributed by atoms with Gasteiger partial charge in [-0.25, -0.2) is 0 Å². The Labute approximate surface area is 106 Å². The van der Waals surface area contributed by atoms with Gasteiger partial charge in [-0.3, -0.25) is 0 Å². The Bertz CT molecular complexity index is 595. The van der Waals surface area contributed by atoms with Gasteiger partial charge in [-0.15, -0.1) is 0 Å². The van der Waals surface area contributed by atoms with Crippen LogP contribution in [0.4, 0.5) is 0 Å². The molecule has 0 fully saturated rings. The van der Waals surface area contributed by atoms with Crippen molar-refractivity contribution in [3.05, 3.63) is 78.1 Å². The molecule has 0 radical (unpaired) electrons. The van der Waals surface area contributed by atoms with Gasteiger partial charge in [-0.05, 0) is 29.3 Å². The summed E-state index contributed by atoms with van der Waals surface area (Å²) in [5.74, 6) is 0. The molecule has 2 aromatic heterocycles. The van der Waals surface area contributed by atoms with E-state index >= 15 is 0 Å². The van der Waals surface area contributed by atoms with Crippen LogP contribution in [0.25, 0.3) is 5.52 Å². The fourth-order valence-electron chi connectivity index (χ4n) is 2.05. The van der Waals surface area contributed by atoms with E-state index in [1.54, 1.807) is 0 Å². The van der Waals surface area contributed by atoms with Gasteiger partial charge < -0.3 is 9.14 Å². The summed E-state index contributed by atoms with van der Waals surface area (Å²) in [6.07, 6.45) is 4.16. The van der Waals surface area contributed by atoms with Crippen LogP contribution in [-0.2, 0) is 18.0 Å². The van der Waals surface area contributed by atoms with Crippen molar-refractivity contribution in [1.29, 1.82) is 0 Å². The Balaban J connectivity index is 1.63. The van der Waals surface area contributed by atoms with Gasteiger partial charge in [0.05, 0.1) is 13.2 Å². The van der Waals surface area contributed by atoms with Gasteiger partial charge in [0.15, 0.2) is 0 Å². The highest BCUT2D eigenvalue weighted by atomic mass is 16.5. The normalized spacial score (nSPS) is 10.9. The minimum absolute atomic E-state index is 0.649. The van der Waals surface area contributed by atoms with E-state index < -0.39 is 0 Å². The molecule has 0 spiro atoms. The molecule has 0 N–H and O–H groups in total. The van der Waals surface area contributed by atoms with Crippen molar-refractivity contribution in [3.63, 3.8) is 0 Å². The number of ether oxygens (including phenoxy) is 1. The predicted octanol–water partition coefficient (Wildman–Crippen LogP) is 3.66. The molecule has 0 atom stereocenters. The summed E-state index contributed by atoms with van der Waals surface area (Å²) in [4.78, 5) is 0. The minimum atomic E-state index is 0.649. The Morgan fingerprint density at radius 3 is 2.44 bits per heavy atom. The van der Waals surface area contributed by atoms with Crippen molar-refractivity contribution in [2.75, 3.05) is 0 Å². The molecule has 1 aromatic carbocycles. The molecule has 0 saturated heterocycles. The highest BCUT2D eigenvalue weighted by Crippen LogP contribution is 2.11. The van der Waals surface area contributed by atoms with Crippen LogP contribution in [0.5, 0.6) is 0 Å². The molecule has 3 aromatic rings. The van der Waals surface area contributed by atoms with Crippen molar-refractivity contribution >= 4 is 5.52 Å². The zero-order chi connectivity index (χ0) is 12.2. The number of hydrogen-bond acceptors (Lipinski definition) is 1. The summed E-state index contributed by atoms with van der Waals surface area (Å²) < 4.78 is 7.83. The Hall–Kier alpha value is -2.06. The molecule has 2 heterocycles. The number of pyridine rings is 1. The third-order valence-electron chi connectivity index (χ3n) is 2.94. The summed E-state index contributed by atoms with van der Waals surface area (Å²) in [7, 11) is 0. The molecule has 0 aliphatic heterocycles. The van der Waals surface area contributed by atoms with Gasteiger partial charge in [0.25, 0.3) is 0 Å². The lowest BCUT2D eigenvalue weighted by molar-refractivity contribution is 0.107. The maximum absolute atomic E-state index is 5.72. The van der Waals surface area contributed by atoms with Crippen molar-refractivity contribution in [3.8, 4) is 0 Å². The standard InChI is InChI=1S/C16H15NO/c1-2-6-14(7-3-1)12-18-13-15-10-16-8-4-5-9-17(16)11-15/h1-11H,12-13H2. The molecular formula is C16H15NO. The Kier molecular flexibility index (Phi) is 3.11. The van der Waals surface area contributed by atoms with Crippen molar-refractivity contribution in [1.82, 2.24) is 4.40 Å². The Morgan fingerprint density at radius 2 is 1.61 bits per heavy atom. The highest BCUT2D eigenvalue weighted by Gasteiger charge is 1.99. The average Bonchev–Trinajstić information content (AvgIpc) is 2.82. The molecule has 0 aliphatic rings. The van der Waals surface area contributed by atoms with E-state index in [0.717, 1.165) is 0 Å². The molecule has 0 saturated carbocycles. The smallest absolute Gasteiger partial charge is 0.0736 e. The van der Waals surface area contributed by atoms with Crippen LogP contribution in [0, 0.1) is 0 Å². The summed E-state index contributed by atoms with van der Waals surface area (Å²) in [5.41, 5.74) is 3.62. The highest BCUT2D eigenvalue weighted by molar-refractivity contribution is 5.49. The fraction of sp³-hybridized carbons (Fsp3) is 0.125. The predicted molar refractivity (Wildman–Crippen MR) is 72.3 cm³/mol. The van der Waals surface area contributed by atoms with Crippen LogP contribution in [0.3, 0.4) is 0 Å². The second-order valence-electron chi connectivity index (χ2n) is 4.36. The first kappa shape index (κ1) is 11.1. The number of aromatic nitrogens is 1. The number of benzene rings is 1. The molecule has 3 rings (SSSR count). The molecule has 18 heavy (non-hydrogen) atoms.